The highest BCUT2D eigenvalue weighted by atomic mass is 16.6. The topological polar surface area (TPSA) is 78.9 Å². The van der Waals surface area contributed by atoms with Crippen molar-refractivity contribution in [1.82, 2.24) is 0 Å². The van der Waals surface area contributed by atoms with Crippen LogP contribution in [-0.2, 0) is 28.6 Å². The molecule has 0 spiro atoms. The van der Waals surface area contributed by atoms with E-state index in [1.807, 2.05) is 0 Å². The molecule has 0 radical (unpaired) electrons. The van der Waals surface area contributed by atoms with Crippen molar-refractivity contribution in [3.8, 4) is 0 Å². The Balaban J connectivity index is 4.04. The van der Waals surface area contributed by atoms with E-state index in [0.29, 0.717) is 19.3 Å². The Morgan fingerprint density at radius 3 is 0.786 bits per heavy atom. The first-order chi connectivity index (χ1) is 34.5. The summed E-state index contributed by atoms with van der Waals surface area (Å²) in [6.07, 6.45) is 70.6. The molecule has 6 heteroatoms. The lowest BCUT2D eigenvalue weighted by Gasteiger charge is -2.18. The molecule has 0 aliphatic carbocycles. The molecule has 0 fully saturated rings. The van der Waals surface area contributed by atoms with Crippen LogP contribution in [0.2, 0.25) is 0 Å². The van der Waals surface area contributed by atoms with E-state index in [4.69, 9.17) is 14.2 Å². The molecule has 1 unspecified atom stereocenters. The minimum absolute atomic E-state index is 0.0647. The zero-order valence-electron chi connectivity index (χ0n) is 47.3. The Labute approximate surface area is 436 Å². The monoisotopic (exact) mass is 985 g/mol. The number of unbranched alkanes of at least 4 members (excludes halogenated alkanes) is 43. The standard InChI is InChI=1S/C64H120O6/c1-4-7-10-13-16-19-21-23-25-26-27-28-29-30-31-32-33-34-35-36-37-38-40-41-43-45-48-51-54-57-63(66)69-60-61(59-68-62(65)56-53-50-47-18-15-12-9-6-3)70-64(67)58-55-52-49-46-44-42-39-24-22-20-17-14-11-8-5-2/h21,23,26-27,61H,4-20,22,24-25,28-60H2,1-3H3/b23-21-,27-26-. The van der Waals surface area contributed by atoms with Crippen molar-refractivity contribution in [3.63, 3.8) is 0 Å². The van der Waals surface area contributed by atoms with Gasteiger partial charge in [-0.05, 0) is 51.4 Å². The van der Waals surface area contributed by atoms with Gasteiger partial charge in [-0.2, -0.15) is 0 Å². The molecule has 0 rings (SSSR count). The average molecular weight is 986 g/mol. The molecule has 0 saturated carbocycles. The number of hydrogen-bond acceptors (Lipinski definition) is 6. The minimum atomic E-state index is -0.763. The molecular formula is C64H120O6. The summed E-state index contributed by atoms with van der Waals surface area (Å²) in [6, 6.07) is 0. The third-order valence-electron chi connectivity index (χ3n) is 14.2. The summed E-state index contributed by atoms with van der Waals surface area (Å²) in [5.41, 5.74) is 0. The summed E-state index contributed by atoms with van der Waals surface area (Å²) in [4.78, 5) is 38.0. The summed E-state index contributed by atoms with van der Waals surface area (Å²) >= 11 is 0. The van der Waals surface area contributed by atoms with E-state index in [1.54, 1.807) is 0 Å². The highest BCUT2D eigenvalue weighted by molar-refractivity contribution is 5.71. The van der Waals surface area contributed by atoms with Crippen LogP contribution in [0.25, 0.3) is 0 Å². The van der Waals surface area contributed by atoms with Crippen LogP contribution in [0.5, 0.6) is 0 Å². The van der Waals surface area contributed by atoms with Gasteiger partial charge in [0.05, 0.1) is 0 Å². The average Bonchev–Trinajstić information content (AvgIpc) is 3.36. The Hall–Kier alpha value is -2.11. The van der Waals surface area contributed by atoms with Crippen LogP contribution in [0.1, 0.15) is 348 Å². The Bertz CT molecular complexity index is 1130. The molecule has 412 valence electrons. The second-order valence-corrected chi connectivity index (χ2v) is 21.3. The smallest absolute Gasteiger partial charge is 0.306 e. The van der Waals surface area contributed by atoms with Crippen molar-refractivity contribution in [3.05, 3.63) is 24.3 Å². The van der Waals surface area contributed by atoms with Gasteiger partial charge in [0.25, 0.3) is 0 Å². The van der Waals surface area contributed by atoms with Crippen LogP contribution >= 0.6 is 0 Å². The van der Waals surface area contributed by atoms with Gasteiger partial charge in [-0.1, -0.05) is 302 Å². The highest BCUT2D eigenvalue weighted by Crippen LogP contribution is 2.18. The summed E-state index contributed by atoms with van der Waals surface area (Å²) in [5, 5.41) is 0. The largest absolute Gasteiger partial charge is 0.462 e. The number of esters is 3. The lowest BCUT2D eigenvalue weighted by Crippen LogP contribution is -2.30. The van der Waals surface area contributed by atoms with Crippen LogP contribution in [0.3, 0.4) is 0 Å². The third kappa shape index (κ3) is 56.8. The van der Waals surface area contributed by atoms with E-state index in [9.17, 15) is 14.4 Å². The maximum absolute atomic E-state index is 12.8. The predicted molar refractivity (Wildman–Crippen MR) is 303 cm³/mol. The SMILES string of the molecule is CCCCCCC/C=C\C/C=C\CCCCCCCCCCCCCCCCCCCC(=O)OCC(COC(=O)CCCCCCCCCC)OC(=O)CCCCCCCCCCCCCCCCC. The van der Waals surface area contributed by atoms with Crippen molar-refractivity contribution in [2.75, 3.05) is 13.2 Å². The van der Waals surface area contributed by atoms with Gasteiger partial charge < -0.3 is 14.2 Å². The molecule has 1 atom stereocenters. The maximum atomic E-state index is 12.8. The van der Waals surface area contributed by atoms with Crippen LogP contribution in [0.4, 0.5) is 0 Å². The first-order valence-corrected chi connectivity index (χ1v) is 31.3. The third-order valence-corrected chi connectivity index (χ3v) is 14.2. The molecule has 0 aliphatic heterocycles. The van der Waals surface area contributed by atoms with E-state index in [0.717, 1.165) is 64.2 Å². The summed E-state index contributed by atoms with van der Waals surface area (Å²) < 4.78 is 16.8. The zero-order valence-corrected chi connectivity index (χ0v) is 47.3. The molecule has 70 heavy (non-hydrogen) atoms. The number of rotatable bonds is 58. The van der Waals surface area contributed by atoms with Crippen molar-refractivity contribution in [1.29, 1.82) is 0 Å². The van der Waals surface area contributed by atoms with Crippen molar-refractivity contribution < 1.29 is 28.6 Å². The number of carbonyl (C=O) groups is 3. The number of allylic oxidation sites excluding steroid dienone is 4. The van der Waals surface area contributed by atoms with E-state index in [2.05, 4.69) is 45.1 Å². The molecule has 0 aliphatic rings. The van der Waals surface area contributed by atoms with E-state index in [-0.39, 0.29) is 31.1 Å². The normalized spacial score (nSPS) is 12.1. The first kappa shape index (κ1) is 67.9. The van der Waals surface area contributed by atoms with Gasteiger partial charge in [-0.3, -0.25) is 14.4 Å². The summed E-state index contributed by atoms with van der Waals surface area (Å²) in [5.74, 6) is -0.846. The first-order valence-electron chi connectivity index (χ1n) is 31.3. The fourth-order valence-electron chi connectivity index (χ4n) is 9.48. The number of carbonyl (C=O) groups excluding carboxylic acids is 3. The fraction of sp³-hybridized carbons (Fsp3) is 0.891. The molecule has 0 N–H and O–H groups in total. The molecule has 0 heterocycles. The van der Waals surface area contributed by atoms with Crippen LogP contribution in [0.15, 0.2) is 24.3 Å². The summed E-state index contributed by atoms with van der Waals surface area (Å²) in [6.45, 7) is 6.65. The van der Waals surface area contributed by atoms with Gasteiger partial charge in [-0.15, -0.1) is 0 Å². The second-order valence-electron chi connectivity index (χ2n) is 21.3. The Morgan fingerprint density at radius 2 is 0.514 bits per heavy atom. The van der Waals surface area contributed by atoms with Crippen molar-refractivity contribution in [2.45, 2.75) is 354 Å². The summed E-state index contributed by atoms with van der Waals surface area (Å²) in [7, 11) is 0. The number of hydrogen-bond donors (Lipinski definition) is 0. The minimum Gasteiger partial charge on any atom is -0.462 e. The van der Waals surface area contributed by atoms with Crippen LogP contribution in [0, 0.1) is 0 Å². The van der Waals surface area contributed by atoms with Crippen molar-refractivity contribution in [2.24, 2.45) is 0 Å². The molecule has 0 aromatic carbocycles. The molecule has 0 bridgehead atoms. The van der Waals surface area contributed by atoms with E-state index in [1.165, 1.54) is 244 Å². The fourth-order valence-corrected chi connectivity index (χ4v) is 9.48. The van der Waals surface area contributed by atoms with Gasteiger partial charge >= 0.3 is 17.9 Å². The number of ether oxygens (including phenoxy) is 3. The highest BCUT2D eigenvalue weighted by Gasteiger charge is 2.19. The lowest BCUT2D eigenvalue weighted by molar-refractivity contribution is -0.167. The molecule has 0 amide bonds. The van der Waals surface area contributed by atoms with Gasteiger partial charge in [0.15, 0.2) is 6.10 Å². The van der Waals surface area contributed by atoms with Crippen molar-refractivity contribution >= 4 is 17.9 Å². The lowest BCUT2D eigenvalue weighted by atomic mass is 10.0. The Kier molecular flexibility index (Phi) is 57.7. The van der Waals surface area contributed by atoms with Gasteiger partial charge in [0.2, 0.25) is 0 Å². The molecular weight excluding hydrogens is 865 g/mol. The zero-order chi connectivity index (χ0) is 50.7. The quantitative estimate of drug-likeness (QED) is 0.0261. The van der Waals surface area contributed by atoms with Gasteiger partial charge in [-0.25, -0.2) is 0 Å². The van der Waals surface area contributed by atoms with Crippen LogP contribution < -0.4 is 0 Å². The van der Waals surface area contributed by atoms with Gasteiger partial charge in [0, 0.05) is 19.3 Å². The Morgan fingerprint density at radius 1 is 0.286 bits per heavy atom. The van der Waals surface area contributed by atoms with E-state index >= 15 is 0 Å². The maximum Gasteiger partial charge on any atom is 0.306 e. The molecule has 0 aromatic heterocycles. The van der Waals surface area contributed by atoms with Gasteiger partial charge in [0.1, 0.15) is 13.2 Å². The van der Waals surface area contributed by atoms with Crippen LogP contribution in [-0.4, -0.2) is 37.2 Å². The van der Waals surface area contributed by atoms with E-state index < -0.39 is 6.10 Å². The molecule has 6 nitrogen and oxygen atoms in total. The second kappa shape index (κ2) is 59.5. The molecule has 0 aromatic rings. The predicted octanol–water partition coefficient (Wildman–Crippen LogP) is 21.1. The molecule has 0 saturated heterocycles.